The summed E-state index contributed by atoms with van der Waals surface area (Å²) in [6.45, 7) is 0. The molecule has 0 amide bonds. The van der Waals surface area contributed by atoms with Gasteiger partial charge in [-0.2, -0.15) is 0 Å². The molecule has 5 nitrogen and oxygen atoms in total. The van der Waals surface area contributed by atoms with E-state index in [2.05, 4.69) is 4.74 Å². The van der Waals surface area contributed by atoms with E-state index in [1.165, 1.54) is 7.11 Å². The van der Waals surface area contributed by atoms with Crippen molar-refractivity contribution in [3.05, 3.63) is 58.1 Å². The van der Waals surface area contributed by atoms with Gasteiger partial charge in [-0.3, -0.25) is 10.1 Å². The van der Waals surface area contributed by atoms with Crippen LogP contribution in [0, 0.1) is 10.1 Å². The first-order valence-corrected chi connectivity index (χ1v) is 6.32. The summed E-state index contributed by atoms with van der Waals surface area (Å²) in [5.41, 5.74) is -0.774. The first kappa shape index (κ1) is 12.6. The lowest BCUT2D eigenvalue weighted by Gasteiger charge is -2.09. The summed E-state index contributed by atoms with van der Waals surface area (Å²) < 4.78 is 4.62. The van der Waals surface area contributed by atoms with Crippen LogP contribution in [0.3, 0.4) is 0 Å². The van der Waals surface area contributed by atoms with Gasteiger partial charge in [-0.15, -0.1) is 0 Å². The zero-order valence-electron chi connectivity index (χ0n) is 10.9. The second-order valence-electron chi connectivity index (χ2n) is 5.00. The Hall–Kier alpha value is -2.43. The van der Waals surface area contributed by atoms with Crippen molar-refractivity contribution < 1.29 is 14.5 Å². The molecule has 2 aromatic carbocycles. The number of esters is 1. The molecule has 0 aromatic heterocycles. The zero-order valence-corrected chi connectivity index (χ0v) is 10.9. The van der Waals surface area contributed by atoms with Gasteiger partial charge in [0.05, 0.1) is 13.0 Å². The highest BCUT2D eigenvalue weighted by Crippen LogP contribution is 2.55. The van der Waals surface area contributed by atoms with Gasteiger partial charge in [0, 0.05) is 11.3 Å². The minimum Gasteiger partial charge on any atom is -0.464 e. The van der Waals surface area contributed by atoms with Crippen LogP contribution in [0.2, 0.25) is 0 Å². The molecule has 0 saturated heterocycles. The molecule has 0 unspecified atom stereocenters. The molecule has 0 bridgehead atoms. The Balaban J connectivity index is 2.10. The summed E-state index contributed by atoms with van der Waals surface area (Å²) in [7, 11) is 1.19. The fourth-order valence-electron chi connectivity index (χ4n) is 2.85. The van der Waals surface area contributed by atoms with Gasteiger partial charge in [-0.25, -0.2) is 4.79 Å². The molecular weight excluding hydrogens is 258 g/mol. The molecule has 1 aliphatic rings. The average Bonchev–Trinajstić information content (AvgIpc) is 3.22. The normalized spacial score (nSPS) is 24.4. The second kappa shape index (κ2) is 4.30. The van der Waals surface area contributed by atoms with Crippen LogP contribution in [0.5, 0.6) is 0 Å². The summed E-state index contributed by atoms with van der Waals surface area (Å²) >= 11 is 0. The molecule has 1 saturated carbocycles. The fraction of sp³-hybridized carbons (Fsp3) is 0.267. The van der Waals surface area contributed by atoms with E-state index < -0.39 is 22.3 Å². The van der Waals surface area contributed by atoms with Crippen LogP contribution in [0.15, 0.2) is 42.5 Å². The Morgan fingerprint density at radius 3 is 2.70 bits per heavy atom. The molecule has 1 aliphatic carbocycles. The Morgan fingerprint density at radius 1 is 1.30 bits per heavy atom. The van der Waals surface area contributed by atoms with E-state index in [1.807, 2.05) is 42.5 Å². The molecule has 2 aromatic rings. The third-order valence-electron chi connectivity index (χ3n) is 4.00. The second-order valence-corrected chi connectivity index (χ2v) is 5.00. The summed E-state index contributed by atoms with van der Waals surface area (Å²) in [6, 6.07) is 13.3. The van der Waals surface area contributed by atoms with Crippen molar-refractivity contribution in [2.45, 2.75) is 17.9 Å². The van der Waals surface area contributed by atoms with Gasteiger partial charge < -0.3 is 4.74 Å². The number of hydrogen-bond donors (Lipinski definition) is 0. The number of methoxy groups -OCH3 is 1. The van der Waals surface area contributed by atoms with Crippen molar-refractivity contribution in [3.8, 4) is 0 Å². The van der Waals surface area contributed by atoms with Crippen LogP contribution >= 0.6 is 0 Å². The summed E-state index contributed by atoms with van der Waals surface area (Å²) in [6.07, 6.45) is 0.195. The van der Waals surface area contributed by atoms with Crippen molar-refractivity contribution in [2.24, 2.45) is 0 Å². The molecule has 1 fully saturated rings. The number of nitrogens with zero attached hydrogens (tertiary/aromatic N) is 1. The Labute approximate surface area is 115 Å². The monoisotopic (exact) mass is 271 g/mol. The molecule has 3 rings (SSSR count). The quantitative estimate of drug-likeness (QED) is 0.488. The highest BCUT2D eigenvalue weighted by atomic mass is 16.6. The Morgan fingerprint density at radius 2 is 2.00 bits per heavy atom. The molecule has 20 heavy (non-hydrogen) atoms. The predicted molar refractivity (Wildman–Crippen MR) is 73.0 cm³/mol. The predicted octanol–water partition coefficient (Wildman–Crippen LogP) is 2.52. The smallest absolute Gasteiger partial charge is 0.385 e. The van der Waals surface area contributed by atoms with Crippen molar-refractivity contribution in [1.82, 2.24) is 0 Å². The number of ether oxygens (including phenoxy) is 1. The van der Waals surface area contributed by atoms with Gasteiger partial charge in [0.2, 0.25) is 0 Å². The molecular formula is C15H13NO4. The fourth-order valence-corrected chi connectivity index (χ4v) is 2.85. The third-order valence-corrected chi connectivity index (χ3v) is 4.00. The van der Waals surface area contributed by atoms with Crippen LogP contribution in [0.1, 0.15) is 17.9 Å². The molecule has 0 aliphatic heterocycles. The van der Waals surface area contributed by atoms with Crippen LogP contribution in [-0.4, -0.2) is 23.5 Å². The van der Waals surface area contributed by atoms with Gasteiger partial charge in [0.15, 0.2) is 0 Å². The number of carbonyl (C=O) groups excluding carboxylic acids is 1. The molecule has 0 heterocycles. The maximum absolute atomic E-state index is 11.8. The van der Waals surface area contributed by atoms with E-state index in [9.17, 15) is 14.9 Å². The van der Waals surface area contributed by atoms with Gasteiger partial charge in [0.25, 0.3) is 0 Å². The van der Waals surface area contributed by atoms with Crippen LogP contribution in [-0.2, 0) is 9.53 Å². The van der Waals surface area contributed by atoms with E-state index in [0.29, 0.717) is 0 Å². The van der Waals surface area contributed by atoms with Crippen LogP contribution < -0.4 is 0 Å². The Bertz CT molecular complexity index is 707. The largest absolute Gasteiger partial charge is 0.464 e. The molecule has 0 radical (unpaired) electrons. The highest BCUT2D eigenvalue weighted by molar-refractivity contribution is 5.91. The highest BCUT2D eigenvalue weighted by Gasteiger charge is 2.74. The average molecular weight is 271 g/mol. The first-order valence-electron chi connectivity index (χ1n) is 6.32. The molecule has 5 heteroatoms. The minimum absolute atomic E-state index is 0.195. The number of nitro groups is 1. The maximum atomic E-state index is 11.8. The van der Waals surface area contributed by atoms with Crippen molar-refractivity contribution in [1.29, 1.82) is 0 Å². The third kappa shape index (κ3) is 1.59. The standard InChI is InChI=1S/C15H13NO4/c1-20-14(17)15(16(18)19)9-13(15)12-8-4-6-10-5-2-3-7-11(10)12/h2-8,13H,9H2,1H3/t13-,15-/m1/s1. The van der Waals surface area contributed by atoms with E-state index in [4.69, 9.17) is 0 Å². The molecule has 2 atom stereocenters. The van der Waals surface area contributed by atoms with E-state index in [-0.39, 0.29) is 6.42 Å². The molecule has 0 N–H and O–H groups in total. The number of benzene rings is 2. The minimum atomic E-state index is -1.61. The lowest BCUT2D eigenvalue weighted by Crippen LogP contribution is -2.34. The van der Waals surface area contributed by atoms with E-state index >= 15 is 0 Å². The summed E-state index contributed by atoms with van der Waals surface area (Å²) in [5.74, 6) is -1.18. The van der Waals surface area contributed by atoms with Gasteiger partial charge in [0.1, 0.15) is 0 Å². The van der Waals surface area contributed by atoms with Gasteiger partial charge >= 0.3 is 11.5 Å². The number of fused-ring (bicyclic) bond motifs is 1. The zero-order chi connectivity index (χ0) is 14.3. The number of rotatable bonds is 3. The Kier molecular flexibility index (Phi) is 2.71. The van der Waals surface area contributed by atoms with Gasteiger partial charge in [-0.1, -0.05) is 42.5 Å². The lowest BCUT2D eigenvalue weighted by molar-refractivity contribution is -0.526. The number of carbonyl (C=O) groups is 1. The SMILES string of the molecule is COC(=O)[C@@]1([N+](=O)[O-])C[C@@H]1c1cccc2ccccc12. The van der Waals surface area contributed by atoms with Crippen molar-refractivity contribution in [3.63, 3.8) is 0 Å². The summed E-state index contributed by atoms with van der Waals surface area (Å²) in [5, 5.41) is 13.3. The maximum Gasteiger partial charge on any atom is 0.385 e. The van der Waals surface area contributed by atoms with Crippen LogP contribution in [0.25, 0.3) is 10.8 Å². The lowest BCUT2D eigenvalue weighted by atomic mass is 9.99. The molecule has 0 spiro atoms. The van der Waals surface area contributed by atoms with Gasteiger partial charge in [-0.05, 0) is 16.3 Å². The van der Waals surface area contributed by atoms with E-state index in [0.717, 1.165) is 16.3 Å². The first-order chi connectivity index (χ1) is 9.61. The van der Waals surface area contributed by atoms with E-state index in [1.54, 1.807) is 0 Å². The van der Waals surface area contributed by atoms with Crippen LogP contribution in [0.4, 0.5) is 0 Å². The molecule has 102 valence electrons. The number of hydrogen-bond acceptors (Lipinski definition) is 4. The topological polar surface area (TPSA) is 69.4 Å². The van der Waals surface area contributed by atoms with Crippen molar-refractivity contribution >= 4 is 16.7 Å². The van der Waals surface area contributed by atoms with Crippen molar-refractivity contribution in [2.75, 3.05) is 7.11 Å². The summed E-state index contributed by atoms with van der Waals surface area (Å²) in [4.78, 5) is 22.6.